The summed E-state index contributed by atoms with van der Waals surface area (Å²) in [6, 6.07) is 8.63. The lowest BCUT2D eigenvalue weighted by Gasteiger charge is -2.21. The minimum Gasteiger partial charge on any atom is -0.390 e. The molecule has 21 heavy (non-hydrogen) atoms. The van der Waals surface area contributed by atoms with Gasteiger partial charge in [0.1, 0.15) is 0 Å². The molecule has 0 fully saturated rings. The first-order valence-electron chi connectivity index (χ1n) is 7.70. The lowest BCUT2D eigenvalue weighted by Crippen LogP contribution is -2.35. The Bertz CT molecular complexity index is 600. The maximum Gasteiger partial charge on any atom is 0.0608 e. The summed E-state index contributed by atoms with van der Waals surface area (Å²) >= 11 is 0. The lowest BCUT2D eigenvalue weighted by atomic mass is 10.1. The number of rotatable bonds is 5. The molecule has 0 spiro atoms. The molecule has 0 bridgehead atoms. The fraction of sp³-hybridized carbons (Fsp3) is 0.556. The third kappa shape index (κ3) is 4.58. The number of hydrogen-bond acceptors (Lipinski definition) is 2. The number of hydrogen-bond donors (Lipinski definition) is 2. The van der Waals surface area contributed by atoms with E-state index in [4.69, 9.17) is 0 Å². The van der Waals surface area contributed by atoms with Crippen LogP contribution in [0.2, 0.25) is 0 Å². The minimum absolute atomic E-state index is 0.117. The number of aromatic nitrogens is 1. The van der Waals surface area contributed by atoms with Crippen LogP contribution in [-0.2, 0) is 13.1 Å². The van der Waals surface area contributed by atoms with Crippen LogP contribution in [-0.4, -0.2) is 20.8 Å². The van der Waals surface area contributed by atoms with E-state index in [2.05, 4.69) is 61.1 Å². The Morgan fingerprint density at radius 3 is 2.43 bits per heavy atom. The van der Waals surface area contributed by atoms with Gasteiger partial charge in [-0.2, -0.15) is 0 Å². The standard InChI is InChI=1S/C18H28N2O/c1-17(2,3)19-13-14-7-6-8-16-15(14)9-11-20(16)12-10-18(4,5)21/h6-9,11,19,21H,10,12-13H2,1-5H3. The second kappa shape index (κ2) is 5.82. The monoisotopic (exact) mass is 288 g/mol. The van der Waals surface area contributed by atoms with Crippen molar-refractivity contribution in [1.82, 2.24) is 9.88 Å². The number of fused-ring (bicyclic) bond motifs is 1. The molecule has 1 heterocycles. The predicted octanol–water partition coefficient (Wildman–Crippen LogP) is 3.69. The molecule has 116 valence electrons. The fourth-order valence-corrected chi connectivity index (χ4v) is 2.39. The van der Waals surface area contributed by atoms with Gasteiger partial charge in [0.25, 0.3) is 0 Å². The second-order valence-corrected chi connectivity index (χ2v) is 7.53. The third-order valence-electron chi connectivity index (χ3n) is 3.68. The largest absolute Gasteiger partial charge is 0.390 e. The smallest absolute Gasteiger partial charge is 0.0608 e. The van der Waals surface area contributed by atoms with Gasteiger partial charge in [0.05, 0.1) is 5.60 Å². The molecule has 2 rings (SSSR count). The van der Waals surface area contributed by atoms with Crippen molar-refractivity contribution >= 4 is 10.9 Å². The van der Waals surface area contributed by atoms with Crippen molar-refractivity contribution in [2.45, 2.75) is 65.3 Å². The van der Waals surface area contributed by atoms with E-state index in [-0.39, 0.29) is 5.54 Å². The van der Waals surface area contributed by atoms with Crippen molar-refractivity contribution in [1.29, 1.82) is 0 Å². The van der Waals surface area contributed by atoms with Gasteiger partial charge in [-0.05, 0) is 58.7 Å². The Balaban J connectivity index is 2.21. The van der Waals surface area contributed by atoms with Crippen molar-refractivity contribution < 1.29 is 5.11 Å². The van der Waals surface area contributed by atoms with Crippen molar-refractivity contribution in [2.75, 3.05) is 0 Å². The van der Waals surface area contributed by atoms with Crippen molar-refractivity contribution in [3.05, 3.63) is 36.0 Å². The Hall–Kier alpha value is -1.32. The van der Waals surface area contributed by atoms with E-state index in [0.29, 0.717) is 0 Å². The maximum atomic E-state index is 9.89. The van der Waals surface area contributed by atoms with Crippen LogP contribution >= 0.6 is 0 Å². The van der Waals surface area contributed by atoms with Crippen LogP contribution in [0.3, 0.4) is 0 Å². The number of benzene rings is 1. The molecule has 2 aromatic rings. The fourth-order valence-electron chi connectivity index (χ4n) is 2.39. The quantitative estimate of drug-likeness (QED) is 0.880. The molecule has 0 aliphatic carbocycles. The molecular formula is C18H28N2O. The Kier molecular flexibility index (Phi) is 4.45. The molecule has 0 amide bonds. The molecule has 0 atom stereocenters. The lowest BCUT2D eigenvalue weighted by molar-refractivity contribution is 0.0666. The molecule has 1 aromatic heterocycles. The average Bonchev–Trinajstić information content (AvgIpc) is 2.75. The zero-order chi connectivity index (χ0) is 15.7. The first kappa shape index (κ1) is 16.1. The normalized spacial score (nSPS) is 13.0. The summed E-state index contributed by atoms with van der Waals surface area (Å²) < 4.78 is 2.23. The zero-order valence-electron chi connectivity index (χ0n) is 13.9. The maximum absolute atomic E-state index is 9.89. The highest BCUT2D eigenvalue weighted by molar-refractivity contribution is 5.83. The highest BCUT2D eigenvalue weighted by Crippen LogP contribution is 2.22. The Morgan fingerprint density at radius 2 is 1.81 bits per heavy atom. The number of aliphatic hydroxyl groups is 1. The van der Waals surface area contributed by atoms with Gasteiger partial charge in [-0.3, -0.25) is 0 Å². The van der Waals surface area contributed by atoms with Crippen LogP contribution < -0.4 is 5.32 Å². The summed E-state index contributed by atoms with van der Waals surface area (Å²) in [6.45, 7) is 12.0. The molecule has 3 heteroatoms. The molecule has 2 N–H and O–H groups in total. The first-order chi connectivity index (χ1) is 9.66. The SMILES string of the molecule is CC(C)(O)CCn1ccc2c(CNC(C)(C)C)cccc21. The van der Waals surface area contributed by atoms with Gasteiger partial charge < -0.3 is 15.0 Å². The van der Waals surface area contributed by atoms with Crippen LogP contribution in [0.25, 0.3) is 10.9 Å². The van der Waals surface area contributed by atoms with Gasteiger partial charge in [0, 0.05) is 35.7 Å². The Morgan fingerprint density at radius 1 is 1.10 bits per heavy atom. The van der Waals surface area contributed by atoms with E-state index in [0.717, 1.165) is 19.5 Å². The van der Waals surface area contributed by atoms with Gasteiger partial charge in [-0.1, -0.05) is 12.1 Å². The third-order valence-corrected chi connectivity index (χ3v) is 3.68. The number of nitrogens with one attached hydrogen (secondary N) is 1. The van der Waals surface area contributed by atoms with Crippen LogP contribution in [0.1, 0.15) is 46.6 Å². The van der Waals surface area contributed by atoms with Gasteiger partial charge in [0.15, 0.2) is 0 Å². The first-order valence-corrected chi connectivity index (χ1v) is 7.70. The summed E-state index contributed by atoms with van der Waals surface area (Å²) in [4.78, 5) is 0. The molecule has 0 aliphatic rings. The van der Waals surface area contributed by atoms with Gasteiger partial charge >= 0.3 is 0 Å². The number of nitrogens with zero attached hydrogens (tertiary/aromatic N) is 1. The molecule has 0 aliphatic heterocycles. The molecule has 0 radical (unpaired) electrons. The molecule has 0 saturated carbocycles. The summed E-state index contributed by atoms with van der Waals surface area (Å²) in [7, 11) is 0. The molecule has 3 nitrogen and oxygen atoms in total. The molecule has 1 aromatic carbocycles. The average molecular weight is 288 g/mol. The van der Waals surface area contributed by atoms with Gasteiger partial charge in [-0.25, -0.2) is 0 Å². The van der Waals surface area contributed by atoms with E-state index in [9.17, 15) is 5.11 Å². The van der Waals surface area contributed by atoms with E-state index >= 15 is 0 Å². The summed E-state index contributed by atoms with van der Waals surface area (Å²) in [5.74, 6) is 0. The van der Waals surface area contributed by atoms with Crippen LogP contribution in [0.4, 0.5) is 0 Å². The van der Waals surface area contributed by atoms with Crippen LogP contribution in [0.5, 0.6) is 0 Å². The van der Waals surface area contributed by atoms with Gasteiger partial charge in [0.2, 0.25) is 0 Å². The minimum atomic E-state index is -0.623. The second-order valence-electron chi connectivity index (χ2n) is 7.53. The van der Waals surface area contributed by atoms with Crippen LogP contribution in [0.15, 0.2) is 30.5 Å². The van der Waals surface area contributed by atoms with E-state index in [1.165, 1.54) is 16.5 Å². The molecular weight excluding hydrogens is 260 g/mol. The van der Waals surface area contributed by atoms with Crippen molar-refractivity contribution in [3.8, 4) is 0 Å². The highest BCUT2D eigenvalue weighted by Gasteiger charge is 2.14. The topological polar surface area (TPSA) is 37.2 Å². The van der Waals surface area contributed by atoms with Crippen LogP contribution in [0, 0.1) is 0 Å². The molecule has 0 saturated heterocycles. The number of aryl methyl sites for hydroxylation is 1. The summed E-state index contributed by atoms with van der Waals surface area (Å²) in [5, 5.41) is 14.7. The van der Waals surface area contributed by atoms with Gasteiger partial charge in [-0.15, -0.1) is 0 Å². The summed E-state index contributed by atoms with van der Waals surface area (Å²) in [6.07, 6.45) is 2.87. The van der Waals surface area contributed by atoms with Crippen molar-refractivity contribution in [2.24, 2.45) is 0 Å². The highest BCUT2D eigenvalue weighted by atomic mass is 16.3. The Labute approximate surface area is 128 Å². The predicted molar refractivity (Wildman–Crippen MR) is 89.4 cm³/mol. The van der Waals surface area contributed by atoms with E-state index < -0.39 is 5.60 Å². The molecule has 0 unspecified atom stereocenters. The van der Waals surface area contributed by atoms with E-state index in [1.807, 2.05) is 13.8 Å². The zero-order valence-corrected chi connectivity index (χ0v) is 13.9. The summed E-state index contributed by atoms with van der Waals surface area (Å²) in [5.41, 5.74) is 2.06. The van der Waals surface area contributed by atoms with Crippen molar-refractivity contribution in [3.63, 3.8) is 0 Å². The van der Waals surface area contributed by atoms with E-state index in [1.54, 1.807) is 0 Å².